The van der Waals surface area contributed by atoms with Crippen LogP contribution in [-0.4, -0.2) is 4.57 Å². The Hall–Kier alpha value is -4.12. The molecule has 8 rings (SSSR count). The molecule has 4 heteroatoms. The second kappa shape index (κ2) is 8.20. The highest BCUT2D eigenvalue weighted by Crippen LogP contribution is 2.39. The molecule has 4 heterocycles. The van der Waals surface area contributed by atoms with Crippen molar-refractivity contribution in [3.05, 3.63) is 126 Å². The predicted molar refractivity (Wildman–Crippen MR) is 157 cm³/mol. The first kappa shape index (κ1) is 21.0. The number of rotatable bonds is 2. The monoisotopic (exact) mass is 509 g/mol. The van der Waals surface area contributed by atoms with Crippen LogP contribution in [0, 0.1) is 0 Å². The summed E-state index contributed by atoms with van der Waals surface area (Å²) in [7, 11) is 0. The van der Waals surface area contributed by atoms with Crippen molar-refractivity contribution in [3.63, 3.8) is 0 Å². The Labute approximate surface area is 222 Å². The van der Waals surface area contributed by atoms with Crippen LogP contribution in [0.3, 0.4) is 0 Å². The van der Waals surface area contributed by atoms with Crippen LogP contribution in [0.4, 0.5) is 0 Å². The van der Waals surface area contributed by atoms with Crippen LogP contribution in [0.15, 0.2) is 125 Å². The van der Waals surface area contributed by atoms with Gasteiger partial charge in [-0.15, -0.1) is 11.3 Å². The highest BCUT2D eigenvalue weighted by Gasteiger charge is 2.26. The minimum Gasteiger partial charge on any atom is -0.314 e. The van der Waals surface area contributed by atoms with Gasteiger partial charge in [0.1, 0.15) is 0 Å². The molecule has 37 heavy (non-hydrogen) atoms. The van der Waals surface area contributed by atoms with Gasteiger partial charge in [-0.3, -0.25) is 0 Å². The zero-order valence-electron chi connectivity index (χ0n) is 19.8. The quantitative estimate of drug-likeness (QED) is 0.130. The molecule has 0 bridgehead atoms. The van der Waals surface area contributed by atoms with Gasteiger partial charge in [0.05, 0.1) is 35.8 Å². The van der Waals surface area contributed by atoms with Gasteiger partial charge in [0.25, 0.3) is 0 Å². The van der Waals surface area contributed by atoms with Crippen molar-refractivity contribution in [1.82, 2.24) is 4.57 Å². The number of benzene rings is 4. The van der Waals surface area contributed by atoms with Crippen LogP contribution in [0.1, 0.15) is 5.56 Å². The topological polar surface area (TPSA) is 8.81 Å². The molecule has 0 N–H and O–H groups in total. The summed E-state index contributed by atoms with van der Waals surface area (Å²) in [6.45, 7) is 0. The molecule has 0 unspecified atom stereocenters. The Morgan fingerprint density at radius 1 is 0.703 bits per heavy atom. The molecule has 0 aliphatic carbocycles. The molecule has 3 aliphatic rings. The third-order valence-electron chi connectivity index (χ3n) is 7.15. The number of hydrogen-bond donors (Lipinski definition) is 0. The summed E-state index contributed by atoms with van der Waals surface area (Å²) in [5, 5.41) is 3.77. The normalized spacial score (nSPS) is 13.4. The van der Waals surface area contributed by atoms with Gasteiger partial charge in [0.15, 0.2) is 6.20 Å². The SMILES string of the molecule is C(=C\c1cc[n+]2c3c(cccc13)Sc1ccccc1-2)/C=c1\ccn2c3ccccc3sc3cccc1c3-2. The number of aromatic nitrogens is 2. The van der Waals surface area contributed by atoms with Crippen molar-refractivity contribution in [3.8, 4) is 11.4 Å². The molecule has 0 atom stereocenters. The van der Waals surface area contributed by atoms with Crippen LogP contribution in [0.25, 0.3) is 54.7 Å². The summed E-state index contributed by atoms with van der Waals surface area (Å²) >= 11 is 3.71. The number of pyridine rings is 2. The van der Waals surface area contributed by atoms with E-state index < -0.39 is 0 Å². The van der Waals surface area contributed by atoms with Crippen LogP contribution in [0.2, 0.25) is 0 Å². The molecular formula is C33H21N2S2+. The molecule has 0 saturated carbocycles. The molecule has 3 aliphatic heterocycles. The van der Waals surface area contributed by atoms with Crippen molar-refractivity contribution in [2.24, 2.45) is 0 Å². The minimum atomic E-state index is 1.23. The van der Waals surface area contributed by atoms with Crippen LogP contribution in [0.5, 0.6) is 0 Å². The van der Waals surface area contributed by atoms with E-state index in [1.54, 1.807) is 0 Å². The van der Waals surface area contributed by atoms with E-state index in [0.29, 0.717) is 0 Å². The largest absolute Gasteiger partial charge is 0.314 e. The number of nitrogens with zero attached hydrogens (tertiary/aromatic N) is 2. The fraction of sp³-hybridized carbons (Fsp3) is 0. The van der Waals surface area contributed by atoms with Crippen molar-refractivity contribution in [2.45, 2.75) is 9.79 Å². The molecule has 4 aromatic carbocycles. The molecular weight excluding hydrogens is 489 g/mol. The van der Waals surface area contributed by atoms with E-state index in [0.717, 1.165) is 0 Å². The van der Waals surface area contributed by atoms with E-state index in [2.05, 4.69) is 137 Å². The minimum absolute atomic E-state index is 1.23. The summed E-state index contributed by atoms with van der Waals surface area (Å²) in [5.74, 6) is 0. The average Bonchev–Trinajstić information content (AvgIpc) is 2.95. The first-order valence-electron chi connectivity index (χ1n) is 12.4. The third kappa shape index (κ3) is 3.23. The number of hydrogen-bond acceptors (Lipinski definition) is 2. The molecule has 0 spiro atoms. The number of para-hydroxylation sites is 4. The average molecular weight is 510 g/mol. The fourth-order valence-electron chi connectivity index (χ4n) is 5.48. The van der Waals surface area contributed by atoms with Gasteiger partial charge < -0.3 is 4.57 Å². The lowest BCUT2D eigenvalue weighted by atomic mass is 10.1. The Kier molecular flexibility index (Phi) is 4.66. The van der Waals surface area contributed by atoms with Gasteiger partial charge >= 0.3 is 0 Å². The standard InChI is InChI=1S/C33H21N2S2/c1-3-14-28-26(12-1)34-20-18-22(24-10-6-16-30(36-28)32(24)34)8-5-9-23-19-21-35-27-13-2-4-15-29(27)37-31-17-7-11-25(23)33(31)35/h1-21H/q+1. The lowest BCUT2D eigenvalue weighted by Crippen LogP contribution is -2.34. The first-order chi connectivity index (χ1) is 18.3. The van der Waals surface area contributed by atoms with Gasteiger partial charge in [0, 0.05) is 23.7 Å². The molecule has 0 amide bonds. The summed E-state index contributed by atoms with van der Waals surface area (Å²) < 4.78 is 7.26. The second-order valence-electron chi connectivity index (χ2n) is 9.25. The maximum atomic E-state index is 2.33. The van der Waals surface area contributed by atoms with Crippen LogP contribution in [-0.2, 0) is 0 Å². The fourth-order valence-corrected chi connectivity index (χ4v) is 7.69. The Morgan fingerprint density at radius 2 is 1.51 bits per heavy atom. The van der Waals surface area contributed by atoms with Crippen molar-refractivity contribution >= 4 is 66.5 Å². The van der Waals surface area contributed by atoms with E-state index in [9.17, 15) is 0 Å². The van der Waals surface area contributed by atoms with Gasteiger partial charge in [-0.1, -0.05) is 72.5 Å². The molecule has 0 saturated heterocycles. The van der Waals surface area contributed by atoms with Gasteiger partial charge in [-0.25, -0.2) is 0 Å². The smallest absolute Gasteiger partial charge is 0.233 e. The van der Waals surface area contributed by atoms with Gasteiger partial charge in [-0.05, 0) is 53.2 Å². The molecule has 0 fully saturated rings. The highest BCUT2D eigenvalue weighted by atomic mass is 32.2. The predicted octanol–water partition coefficient (Wildman–Crippen LogP) is 7.95. The number of fused-ring (bicyclic) bond motifs is 4. The van der Waals surface area contributed by atoms with E-state index in [1.165, 1.54) is 63.2 Å². The lowest BCUT2D eigenvalue weighted by molar-refractivity contribution is -0.571. The maximum Gasteiger partial charge on any atom is 0.233 e. The van der Waals surface area contributed by atoms with E-state index in [-0.39, 0.29) is 0 Å². The highest BCUT2D eigenvalue weighted by molar-refractivity contribution is 7.99. The molecule has 2 nitrogen and oxygen atoms in total. The molecule has 5 aromatic rings. The second-order valence-corrected chi connectivity index (χ2v) is 11.4. The number of allylic oxidation sites excluding steroid dienone is 1. The van der Waals surface area contributed by atoms with Crippen molar-refractivity contribution in [2.75, 3.05) is 0 Å². The lowest BCUT2D eigenvalue weighted by Gasteiger charge is -2.17. The first-order valence-corrected chi connectivity index (χ1v) is 14.0. The van der Waals surface area contributed by atoms with E-state index in [4.69, 9.17) is 0 Å². The summed E-state index contributed by atoms with van der Waals surface area (Å²) in [6.07, 6.45) is 11.1. The summed E-state index contributed by atoms with van der Waals surface area (Å²) in [4.78, 5) is 2.60. The summed E-state index contributed by atoms with van der Waals surface area (Å²) in [6, 6.07) is 35.0. The Bertz CT molecular complexity index is 2080. The van der Waals surface area contributed by atoms with Gasteiger partial charge in [-0.2, -0.15) is 4.57 Å². The van der Waals surface area contributed by atoms with Crippen LogP contribution >= 0.6 is 23.1 Å². The zero-order valence-corrected chi connectivity index (χ0v) is 21.5. The van der Waals surface area contributed by atoms with Gasteiger partial charge in [0.2, 0.25) is 11.2 Å². The van der Waals surface area contributed by atoms with Crippen molar-refractivity contribution < 1.29 is 4.57 Å². The zero-order chi connectivity index (χ0) is 24.3. The van der Waals surface area contributed by atoms with Crippen LogP contribution < -0.4 is 9.79 Å². The third-order valence-corrected chi connectivity index (χ3v) is 9.38. The molecule has 174 valence electrons. The Morgan fingerprint density at radius 3 is 2.51 bits per heavy atom. The maximum absolute atomic E-state index is 2.33. The summed E-state index contributed by atoms with van der Waals surface area (Å²) in [5.41, 5.74) is 6.29. The van der Waals surface area contributed by atoms with E-state index in [1.807, 2.05) is 23.1 Å². The molecule has 0 radical (unpaired) electrons. The van der Waals surface area contributed by atoms with Crippen molar-refractivity contribution in [1.29, 1.82) is 0 Å². The molecule has 1 aromatic heterocycles. The Balaban J connectivity index is 1.28. The van der Waals surface area contributed by atoms with E-state index >= 15 is 0 Å².